The summed E-state index contributed by atoms with van der Waals surface area (Å²) >= 11 is 0. The van der Waals surface area contributed by atoms with Gasteiger partial charge in [0.15, 0.2) is 0 Å². The molecule has 0 fully saturated rings. The van der Waals surface area contributed by atoms with E-state index in [-0.39, 0.29) is 15.1 Å². The second-order valence-electron chi connectivity index (χ2n) is 10.9. The van der Waals surface area contributed by atoms with E-state index < -0.39 is 14.3 Å². The molecule has 0 saturated carbocycles. The molecule has 2 aliphatic rings. The van der Waals surface area contributed by atoms with Crippen LogP contribution in [0.4, 0.5) is 0 Å². The van der Waals surface area contributed by atoms with E-state index in [0.717, 1.165) is 11.5 Å². The largest absolute Gasteiger partial charge is 0.496 e. The maximum atomic E-state index is 5.68. The molecule has 0 radical (unpaired) electrons. The van der Waals surface area contributed by atoms with Crippen molar-refractivity contribution < 1.29 is 9.47 Å². The lowest BCUT2D eigenvalue weighted by Crippen LogP contribution is -2.28. The number of hydrogen-bond acceptors (Lipinski definition) is 2. The van der Waals surface area contributed by atoms with Gasteiger partial charge in [-0.3, -0.25) is 0 Å². The van der Waals surface area contributed by atoms with Crippen molar-refractivity contribution in [3.63, 3.8) is 0 Å². The number of rotatable bonds is 4. The lowest BCUT2D eigenvalue weighted by atomic mass is 9.99. The van der Waals surface area contributed by atoms with Crippen LogP contribution < -0.4 is 30.7 Å². The van der Waals surface area contributed by atoms with Crippen molar-refractivity contribution >= 4 is 50.6 Å². The molecule has 0 amide bonds. The van der Waals surface area contributed by atoms with Crippen molar-refractivity contribution in [2.24, 2.45) is 0 Å². The molecule has 0 N–H and O–H groups in total. The Hall–Kier alpha value is -4.09. The summed E-state index contributed by atoms with van der Waals surface area (Å²) in [5.74, 6) is 2.02. The van der Waals surface area contributed by atoms with Crippen LogP contribution in [0.5, 0.6) is 11.5 Å². The van der Waals surface area contributed by atoms with Crippen LogP contribution >= 0.6 is 14.3 Å². The summed E-state index contributed by atoms with van der Waals surface area (Å²) in [5, 5.41) is 6.37. The number of hydrogen-bond donors (Lipinski definition) is 0. The first-order valence-electron chi connectivity index (χ1n) is 14.9. The topological polar surface area (TPSA) is 18.5 Å². The summed E-state index contributed by atoms with van der Waals surface area (Å²) in [6, 6.07) is 53.6. The number of benzene rings is 6. The van der Waals surface area contributed by atoms with Crippen LogP contribution in [-0.2, 0) is 12.3 Å². The lowest BCUT2D eigenvalue weighted by molar-refractivity contribution is 0.416. The van der Waals surface area contributed by atoms with Gasteiger partial charge in [0.2, 0.25) is 0 Å². The van der Waals surface area contributed by atoms with E-state index in [1.165, 1.54) is 45.7 Å². The molecule has 6 aromatic carbocycles. The van der Waals surface area contributed by atoms with Gasteiger partial charge >= 0.3 is 0 Å². The first-order chi connectivity index (χ1) is 22.5. The van der Waals surface area contributed by atoms with E-state index in [2.05, 4.69) is 146 Å². The predicted molar refractivity (Wildman–Crippen MR) is 209 cm³/mol. The van der Waals surface area contributed by atoms with E-state index in [1.54, 1.807) is 35.4 Å². The Bertz CT molecular complexity index is 1870. The quantitative estimate of drug-likeness (QED) is 0.168. The smallest absolute Gasteiger partial charge is 0.138 e. The average Bonchev–Trinajstić information content (AvgIpc) is 3.12. The molecular formula is C40H40B2O2P2. The molecule has 2 atom stereocenters. The van der Waals surface area contributed by atoms with Crippen LogP contribution in [0.1, 0.15) is 11.1 Å². The molecule has 0 aliphatic carbocycles. The van der Waals surface area contributed by atoms with Gasteiger partial charge in [0, 0.05) is 22.3 Å². The van der Waals surface area contributed by atoms with Gasteiger partial charge in [0.25, 0.3) is 0 Å². The minimum atomic E-state index is -1.17. The van der Waals surface area contributed by atoms with Crippen LogP contribution in [0, 0.1) is 0 Å². The Morgan fingerprint density at radius 3 is 1.20 bits per heavy atom. The summed E-state index contributed by atoms with van der Waals surface area (Å²) < 4.78 is 11.4. The molecule has 2 unspecified atom stereocenters. The molecule has 2 heterocycles. The fourth-order valence-electron chi connectivity index (χ4n) is 6.40. The first-order valence-corrected chi connectivity index (χ1v) is 18.0. The van der Waals surface area contributed by atoms with Gasteiger partial charge in [0.1, 0.15) is 26.6 Å². The Balaban J connectivity index is 0.000000147. The van der Waals surface area contributed by atoms with Crippen molar-refractivity contribution in [1.82, 2.24) is 0 Å². The normalized spacial score (nSPS) is 18.9. The Kier molecular flexibility index (Phi) is 8.37. The summed E-state index contributed by atoms with van der Waals surface area (Å²) in [5.41, 5.74) is 8.37. The third-order valence-corrected chi connectivity index (χ3v) is 13.5. The van der Waals surface area contributed by atoms with Gasteiger partial charge < -0.3 is 9.47 Å². The van der Waals surface area contributed by atoms with E-state index in [1.807, 2.05) is 0 Å². The van der Waals surface area contributed by atoms with Gasteiger partial charge in [-0.05, 0) is 59.7 Å². The van der Waals surface area contributed by atoms with Crippen molar-refractivity contribution in [3.05, 3.63) is 157 Å². The van der Waals surface area contributed by atoms with E-state index >= 15 is 0 Å². The minimum Gasteiger partial charge on any atom is -0.496 e. The monoisotopic (exact) mass is 636 g/mol. The standard InChI is InChI=1S/2C20H20BOP/c2*1-22-18-12-7-8-15-14-23(21,16-9-3-2-4-10-16)19-13-6-5-11-17(19)20(15)18/h2*2-13H,14H2,1,21H3. The molecule has 228 valence electrons. The molecule has 46 heavy (non-hydrogen) atoms. The van der Waals surface area contributed by atoms with Crippen molar-refractivity contribution in [2.75, 3.05) is 14.2 Å². The third kappa shape index (κ3) is 5.19. The second-order valence-corrected chi connectivity index (χ2v) is 15.2. The molecule has 0 saturated heterocycles. The minimum absolute atomic E-state index is 0.159. The third-order valence-electron chi connectivity index (χ3n) is 8.39. The molecule has 0 aromatic heterocycles. The average molecular weight is 636 g/mol. The van der Waals surface area contributed by atoms with Crippen molar-refractivity contribution in [2.45, 2.75) is 12.3 Å². The highest BCUT2D eigenvalue weighted by molar-refractivity contribution is 8.08. The zero-order chi connectivity index (χ0) is 31.7. The fraction of sp³-hybridized carbons (Fsp3) is 0.100. The molecule has 6 aromatic rings. The Morgan fingerprint density at radius 1 is 0.435 bits per heavy atom. The van der Waals surface area contributed by atoms with Crippen molar-refractivity contribution in [3.8, 4) is 33.8 Å². The number of methoxy groups -OCH3 is 2. The van der Waals surface area contributed by atoms with Gasteiger partial charge in [0.05, 0.1) is 47.8 Å². The van der Waals surface area contributed by atoms with Crippen LogP contribution in [0.2, 0.25) is 0 Å². The van der Waals surface area contributed by atoms with Crippen LogP contribution in [0.15, 0.2) is 146 Å². The zero-order valence-electron chi connectivity index (χ0n) is 25.0. The summed E-state index contributed by atoms with van der Waals surface area (Å²) in [7, 11) is 1.52. The second kappa shape index (κ2) is 12.6. The lowest BCUT2D eigenvalue weighted by Gasteiger charge is -2.36. The van der Waals surface area contributed by atoms with E-state index in [9.17, 15) is 0 Å². The molecular weight excluding hydrogens is 596 g/mol. The summed E-state index contributed by atoms with van der Waals surface area (Å²) in [6.07, 6.45) is 2.42. The predicted octanol–water partition coefficient (Wildman–Crippen LogP) is 6.25. The number of ether oxygens (including phenoxy) is 2. The first kappa shape index (κ1) is 30.6. The maximum Gasteiger partial charge on any atom is 0.138 e. The zero-order valence-corrected chi connectivity index (χ0v) is 26.8. The maximum absolute atomic E-state index is 5.68. The Labute approximate surface area is 276 Å². The highest BCUT2D eigenvalue weighted by atomic mass is 31.2. The molecule has 0 bridgehead atoms. The number of fused-ring (bicyclic) bond motifs is 6. The molecule has 2 aliphatic heterocycles. The highest BCUT2D eigenvalue weighted by Crippen LogP contribution is 2.62. The highest BCUT2D eigenvalue weighted by Gasteiger charge is 2.40. The van der Waals surface area contributed by atoms with Gasteiger partial charge in [-0.1, -0.05) is 111 Å². The molecule has 6 heteroatoms. The molecule has 0 spiro atoms. The van der Waals surface area contributed by atoms with Crippen molar-refractivity contribution in [1.29, 1.82) is 0 Å². The molecule has 8 rings (SSSR count). The van der Waals surface area contributed by atoms with Gasteiger partial charge in [-0.15, -0.1) is 0 Å². The van der Waals surface area contributed by atoms with Gasteiger partial charge in [-0.2, -0.15) is 0 Å². The van der Waals surface area contributed by atoms with Crippen LogP contribution in [-0.4, -0.2) is 29.4 Å². The SMILES string of the molecule is [BH3-][P+]1(c2ccccc2)Cc2cccc(OC)c2-c2ccccc21.[BH3-][P+]1(c2ccccc2)Cc2cccc(OC)c2-c2ccccc21. The summed E-state index contributed by atoms with van der Waals surface area (Å²) in [4.78, 5) is 0. The van der Waals surface area contributed by atoms with Crippen LogP contribution in [0.25, 0.3) is 22.3 Å². The fourth-order valence-corrected chi connectivity index (χ4v) is 11.4. The summed E-state index contributed by atoms with van der Waals surface area (Å²) in [6.45, 7) is 0. The Morgan fingerprint density at radius 2 is 0.804 bits per heavy atom. The van der Waals surface area contributed by atoms with E-state index in [4.69, 9.17) is 9.47 Å². The van der Waals surface area contributed by atoms with Crippen LogP contribution in [0.3, 0.4) is 0 Å². The van der Waals surface area contributed by atoms with Gasteiger partial charge in [-0.25, -0.2) is 0 Å². The molecule has 2 nitrogen and oxygen atoms in total. The van der Waals surface area contributed by atoms with E-state index in [0.29, 0.717) is 0 Å².